The van der Waals surface area contributed by atoms with Crippen LogP contribution < -0.4 is 15.2 Å². The fraction of sp³-hybridized carbons (Fsp3) is 0.333. The maximum atomic E-state index is 5.77. The SMILES string of the molecule is CCc1c(N)ccc2c1OCO2. The minimum atomic E-state index is 0.311. The molecular weight excluding hydrogens is 154 g/mol. The summed E-state index contributed by atoms with van der Waals surface area (Å²) in [5.74, 6) is 1.62. The van der Waals surface area contributed by atoms with Crippen molar-refractivity contribution in [3.63, 3.8) is 0 Å². The fourth-order valence-corrected chi connectivity index (χ4v) is 1.41. The Hall–Kier alpha value is -1.38. The van der Waals surface area contributed by atoms with Crippen molar-refractivity contribution in [1.29, 1.82) is 0 Å². The van der Waals surface area contributed by atoms with Gasteiger partial charge in [0.25, 0.3) is 0 Å². The van der Waals surface area contributed by atoms with E-state index in [9.17, 15) is 0 Å². The number of ether oxygens (including phenoxy) is 2. The van der Waals surface area contributed by atoms with Gasteiger partial charge in [0.05, 0.1) is 0 Å². The number of nitrogen functional groups attached to an aromatic ring is 1. The number of nitrogens with two attached hydrogens (primary N) is 1. The van der Waals surface area contributed by atoms with E-state index in [-0.39, 0.29) is 0 Å². The molecule has 0 aromatic heterocycles. The van der Waals surface area contributed by atoms with Crippen LogP contribution in [0.5, 0.6) is 11.5 Å². The molecule has 2 N–H and O–H groups in total. The molecule has 0 saturated carbocycles. The van der Waals surface area contributed by atoms with E-state index in [1.54, 1.807) is 0 Å². The largest absolute Gasteiger partial charge is 0.454 e. The lowest BCUT2D eigenvalue weighted by atomic mass is 10.1. The number of rotatable bonds is 1. The van der Waals surface area contributed by atoms with Crippen LogP contribution in [0.3, 0.4) is 0 Å². The van der Waals surface area contributed by atoms with E-state index in [1.165, 1.54) is 0 Å². The van der Waals surface area contributed by atoms with Crippen molar-refractivity contribution in [3.8, 4) is 11.5 Å². The zero-order valence-corrected chi connectivity index (χ0v) is 6.96. The Morgan fingerprint density at radius 2 is 2.25 bits per heavy atom. The highest BCUT2D eigenvalue weighted by Crippen LogP contribution is 2.38. The van der Waals surface area contributed by atoms with Crippen molar-refractivity contribution in [3.05, 3.63) is 17.7 Å². The van der Waals surface area contributed by atoms with Gasteiger partial charge < -0.3 is 15.2 Å². The number of anilines is 1. The molecule has 0 atom stereocenters. The van der Waals surface area contributed by atoms with Gasteiger partial charge in [0.15, 0.2) is 11.5 Å². The average molecular weight is 165 g/mol. The Bertz CT molecular complexity index is 310. The van der Waals surface area contributed by atoms with Crippen LogP contribution in [-0.2, 0) is 6.42 Å². The van der Waals surface area contributed by atoms with Crippen LogP contribution in [0.15, 0.2) is 12.1 Å². The van der Waals surface area contributed by atoms with Gasteiger partial charge in [-0.15, -0.1) is 0 Å². The Morgan fingerprint density at radius 3 is 3.00 bits per heavy atom. The van der Waals surface area contributed by atoms with Crippen LogP contribution >= 0.6 is 0 Å². The molecule has 1 aliphatic rings. The molecule has 1 aromatic carbocycles. The lowest BCUT2D eigenvalue weighted by Gasteiger charge is -2.05. The molecule has 0 spiro atoms. The molecule has 3 nitrogen and oxygen atoms in total. The van der Waals surface area contributed by atoms with Crippen molar-refractivity contribution in [2.24, 2.45) is 0 Å². The Kier molecular flexibility index (Phi) is 1.57. The smallest absolute Gasteiger partial charge is 0.231 e. The van der Waals surface area contributed by atoms with Crippen LogP contribution in [0.2, 0.25) is 0 Å². The van der Waals surface area contributed by atoms with Gasteiger partial charge in [0.2, 0.25) is 6.79 Å². The number of benzene rings is 1. The first kappa shape index (κ1) is 7.28. The highest BCUT2D eigenvalue weighted by atomic mass is 16.7. The molecule has 1 aliphatic heterocycles. The first-order valence-corrected chi connectivity index (χ1v) is 4.00. The summed E-state index contributed by atoms with van der Waals surface area (Å²) in [6, 6.07) is 3.70. The van der Waals surface area contributed by atoms with Gasteiger partial charge in [0.1, 0.15) is 0 Å². The van der Waals surface area contributed by atoms with Gasteiger partial charge in [-0.05, 0) is 18.6 Å². The zero-order chi connectivity index (χ0) is 8.55. The Morgan fingerprint density at radius 1 is 1.42 bits per heavy atom. The van der Waals surface area contributed by atoms with Crippen molar-refractivity contribution >= 4 is 5.69 Å². The highest BCUT2D eigenvalue weighted by molar-refractivity contribution is 5.61. The van der Waals surface area contributed by atoms with Crippen LogP contribution in [0, 0.1) is 0 Å². The average Bonchev–Trinajstić information content (AvgIpc) is 2.52. The molecule has 0 amide bonds. The predicted molar refractivity (Wildman–Crippen MR) is 46.4 cm³/mol. The molecule has 0 radical (unpaired) electrons. The molecule has 12 heavy (non-hydrogen) atoms. The third-order valence-corrected chi connectivity index (χ3v) is 2.03. The molecule has 0 bridgehead atoms. The van der Waals surface area contributed by atoms with Crippen molar-refractivity contribution in [2.75, 3.05) is 12.5 Å². The number of fused-ring (bicyclic) bond motifs is 1. The van der Waals surface area contributed by atoms with E-state index in [1.807, 2.05) is 19.1 Å². The Labute approximate surface area is 71.1 Å². The van der Waals surface area contributed by atoms with Crippen molar-refractivity contribution < 1.29 is 9.47 Å². The first-order chi connectivity index (χ1) is 5.83. The van der Waals surface area contributed by atoms with E-state index in [2.05, 4.69) is 0 Å². The monoisotopic (exact) mass is 165 g/mol. The topological polar surface area (TPSA) is 44.5 Å². The summed E-state index contributed by atoms with van der Waals surface area (Å²) in [6.07, 6.45) is 0.873. The van der Waals surface area contributed by atoms with Gasteiger partial charge in [-0.25, -0.2) is 0 Å². The second kappa shape index (κ2) is 2.59. The summed E-state index contributed by atoms with van der Waals surface area (Å²) in [4.78, 5) is 0. The lowest BCUT2D eigenvalue weighted by molar-refractivity contribution is 0.173. The van der Waals surface area contributed by atoms with Gasteiger partial charge in [0, 0.05) is 11.3 Å². The minimum Gasteiger partial charge on any atom is -0.454 e. The van der Waals surface area contributed by atoms with Crippen molar-refractivity contribution in [1.82, 2.24) is 0 Å². The molecule has 2 rings (SSSR count). The van der Waals surface area contributed by atoms with Crippen LogP contribution in [0.4, 0.5) is 5.69 Å². The maximum absolute atomic E-state index is 5.77. The summed E-state index contributed by atoms with van der Waals surface area (Å²) < 4.78 is 10.5. The number of hydrogen-bond acceptors (Lipinski definition) is 3. The normalized spacial score (nSPS) is 13.4. The number of hydrogen-bond donors (Lipinski definition) is 1. The van der Waals surface area contributed by atoms with Crippen LogP contribution in [-0.4, -0.2) is 6.79 Å². The highest BCUT2D eigenvalue weighted by Gasteiger charge is 2.18. The summed E-state index contributed by atoms with van der Waals surface area (Å²) >= 11 is 0. The quantitative estimate of drug-likeness (QED) is 0.642. The molecule has 0 saturated heterocycles. The Balaban J connectivity index is 2.57. The van der Waals surface area contributed by atoms with Crippen LogP contribution in [0.1, 0.15) is 12.5 Å². The predicted octanol–water partition coefficient (Wildman–Crippen LogP) is 1.56. The molecule has 1 aromatic rings. The molecule has 3 heteroatoms. The first-order valence-electron chi connectivity index (χ1n) is 4.00. The van der Waals surface area contributed by atoms with E-state index < -0.39 is 0 Å². The molecule has 0 aliphatic carbocycles. The van der Waals surface area contributed by atoms with E-state index in [4.69, 9.17) is 15.2 Å². The summed E-state index contributed by atoms with van der Waals surface area (Å²) in [6.45, 7) is 2.36. The third kappa shape index (κ3) is 0.897. The lowest BCUT2D eigenvalue weighted by Crippen LogP contribution is -1.96. The second-order valence-electron chi connectivity index (χ2n) is 2.72. The van der Waals surface area contributed by atoms with E-state index in [0.717, 1.165) is 29.2 Å². The van der Waals surface area contributed by atoms with Gasteiger partial charge >= 0.3 is 0 Å². The minimum absolute atomic E-state index is 0.311. The van der Waals surface area contributed by atoms with E-state index >= 15 is 0 Å². The van der Waals surface area contributed by atoms with Crippen LogP contribution in [0.25, 0.3) is 0 Å². The van der Waals surface area contributed by atoms with Gasteiger partial charge in [-0.1, -0.05) is 6.92 Å². The maximum Gasteiger partial charge on any atom is 0.231 e. The zero-order valence-electron chi connectivity index (χ0n) is 6.96. The summed E-state index contributed by atoms with van der Waals surface area (Å²) in [5, 5.41) is 0. The molecule has 1 heterocycles. The molecule has 0 fully saturated rings. The summed E-state index contributed by atoms with van der Waals surface area (Å²) in [7, 11) is 0. The van der Waals surface area contributed by atoms with Crippen molar-refractivity contribution in [2.45, 2.75) is 13.3 Å². The standard InChI is InChI=1S/C9H11NO2/c1-2-6-7(10)3-4-8-9(6)12-5-11-8/h3-4H,2,5,10H2,1H3. The molecular formula is C9H11NO2. The van der Waals surface area contributed by atoms with Gasteiger partial charge in [-0.3, -0.25) is 0 Å². The third-order valence-electron chi connectivity index (χ3n) is 2.03. The molecule has 0 unspecified atom stereocenters. The van der Waals surface area contributed by atoms with E-state index in [0.29, 0.717) is 6.79 Å². The second-order valence-corrected chi connectivity index (χ2v) is 2.72. The van der Waals surface area contributed by atoms with Gasteiger partial charge in [-0.2, -0.15) is 0 Å². The molecule has 64 valence electrons. The fourth-order valence-electron chi connectivity index (χ4n) is 1.41. The summed E-state index contributed by atoms with van der Waals surface area (Å²) in [5.41, 5.74) is 7.59.